The summed E-state index contributed by atoms with van der Waals surface area (Å²) in [5, 5.41) is 29.8. The molecule has 5 aliphatic carbocycles. The zero-order valence-corrected chi connectivity index (χ0v) is 28.4. The Bertz CT molecular complexity index is 1230. The van der Waals surface area contributed by atoms with Crippen molar-refractivity contribution in [3.8, 4) is 0 Å². The quantitative estimate of drug-likeness (QED) is 0.312. The Morgan fingerprint density at radius 1 is 0.977 bits per heavy atom. The molecule has 44 heavy (non-hydrogen) atoms. The summed E-state index contributed by atoms with van der Waals surface area (Å²) in [6.07, 6.45) is 9.13. The Morgan fingerprint density at radius 2 is 1.64 bits per heavy atom. The molecule has 0 aromatic carbocycles. The number of ether oxygens (including phenoxy) is 1. The van der Waals surface area contributed by atoms with Crippen LogP contribution in [0.1, 0.15) is 106 Å². The van der Waals surface area contributed by atoms with E-state index in [-0.39, 0.29) is 76.4 Å². The second-order valence-electron chi connectivity index (χ2n) is 17.5. The van der Waals surface area contributed by atoms with Crippen LogP contribution in [0.25, 0.3) is 0 Å². The maximum absolute atomic E-state index is 14.5. The van der Waals surface area contributed by atoms with Crippen LogP contribution in [0.3, 0.4) is 0 Å². The van der Waals surface area contributed by atoms with Gasteiger partial charge in [0.25, 0.3) is 0 Å². The number of carboxylic acid groups (broad SMARTS) is 2. The van der Waals surface area contributed by atoms with Crippen LogP contribution >= 0.6 is 0 Å². The molecular formula is C36H57NO7. The number of ketones is 1. The van der Waals surface area contributed by atoms with E-state index in [2.05, 4.69) is 41.5 Å². The van der Waals surface area contributed by atoms with Gasteiger partial charge in [0.05, 0.1) is 30.8 Å². The first kappa shape index (κ1) is 33.6. The third-order valence-corrected chi connectivity index (χ3v) is 14.4. The SMILES string of the molecule is CN(CC(=O)O)CC(O)CO[C@H]1CC[C@]2(C)[C@H]3C(=O)C=C4[C@@H]5C[C@@](C)(C(=O)O)CC[C@]5(C)CC[C@@]4(C)[C@]3(C)CC[C@H]2C1(C)C. The Balaban J connectivity index is 1.40. The molecule has 4 fully saturated rings. The summed E-state index contributed by atoms with van der Waals surface area (Å²) < 4.78 is 6.39. The van der Waals surface area contributed by atoms with Crippen LogP contribution in [0, 0.1) is 50.2 Å². The third kappa shape index (κ3) is 5.00. The minimum Gasteiger partial charge on any atom is -0.481 e. The molecule has 0 spiro atoms. The van der Waals surface area contributed by atoms with Gasteiger partial charge >= 0.3 is 11.9 Å². The summed E-state index contributed by atoms with van der Waals surface area (Å²) in [5.74, 6) is -1.11. The van der Waals surface area contributed by atoms with Gasteiger partial charge in [0.15, 0.2) is 5.78 Å². The lowest BCUT2D eigenvalue weighted by Crippen LogP contribution is -2.66. The van der Waals surface area contributed by atoms with E-state index in [1.807, 2.05) is 13.0 Å². The topological polar surface area (TPSA) is 124 Å². The highest BCUT2D eigenvalue weighted by atomic mass is 16.5. The fourth-order valence-electron chi connectivity index (χ4n) is 11.6. The van der Waals surface area contributed by atoms with Crippen LogP contribution in [0.15, 0.2) is 11.6 Å². The van der Waals surface area contributed by atoms with Crippen LogP contribution in [0.4, 0.5) is 0 Å². The van der Waals surface area contributed by atoms with Crippen molar-refractivity contribution in [2.75, 3.05) is 26.7 Å². The molecule has 0 aromatic rings. The highest BCUT2D eigenvalue weighted by Gasteiger charge is 2.70. The predicted molar refractivity (Wildman–Crippen MR) is 168 cm³/mol. The Morgan fingerprint density at radius 3 is 2.27 bits per heavy atom. The molecule has 0 saturated heterocycles. The van der Waals surface area contributed by atoms with E-state index in [0.29, 0.717) is 12.8 Å². The molecular weight excluding hydrogens is 558 g/mol. The fourth-order valence-corrected chi connectivity index (χ4v) is 11.6. The number of carbonyl (C=O) groups is 3. The van der Waals surface area contributed by atoms with Gasteiger partial charge in [-0.1, -0.05) is 47.1 Å². The summed E-state index contributed by atoms with van der Waals surface area (Å²) in [4.78, 5) is 39.5. The van der Waals surface area contributed by atoms with Gasteiger partial charge in [-0.2, -0.15) is 0 Å². The standard InChI is InChI=1S/C36H57NO7/c1-31(2)26-9-12-36(7)29(34(26,5)11-10-27(31)44-21-22(38)19-37(8)20-28(40)41)25(39)17-23-24-18-33(4,30(42)43)14-13-32(24,3)15-16-35(23,36)6/h17,22,24,26-27,29,38H,9-16,18-21H2,1-8H3,(H,40,41)(H,42,43)/t22?,24-,26-,27-,29+,32+,33-,34-,35+,36+/m0/s1. The molecule has 0 aromatic heterocycles. The number of aliphatic hydroxyl groups is 1. The number of allylic oxidation sites excluding steroid dienone is 2. The monoisotopic (exact) mass is 615 g/mol. The van der Waals surface area contributed by atoms with Crippen molar-refractivity contribution in [3.05, 3.63) is 11.6 Å². The molecule has 10 atom stereocenters. The minimum atomic E-state index is -0.926. The second-order valence-corrected chi connectivity index (χ2v) is 17.5. The highest BCUT2D eigenvalue weighted by Crippen LogP contribution is 2.75. The predicted octanol–water partition coefficient (Wildman–Crippen LogP) is 5.81. The first-order valence-electron chi connectivity index (χ1n) is 16.9. The van der Waals surface area contributed by atoms with Crippen molar-refractivity contribution in [2.24, 2.45) is 50.2 Å². The van der Waals surface area contributed by atoms with Crippen molar-refractivity contribution in [2.45, 2.75) is 118 Å². The molecule has 8 heteroatoms. The molecule has 0 heterocycles. The van der Waals surface area contributed by atoms with Gasteiger partial charge in [0, 0.05) is 12.5 Å². The van der Waals surface area contributed by atoms with Crippen LogP contribution in [-0.2, 0) is 19.1 Å². The lowest BCUT2D eigenvalue weighted by atomic mass is 9.33. The molecule has 5 aliphatic rings. The van der Waals surface area contributed by atoms with E-state index >= 15 is 0 Å². The molecule has 8 nitrogen and oxygen atoms in total. The Hall–Kier alpha value is -1.77. The number of carbonyl (C=O) groups excluding carboxylic acids is 1. The van der Waals surface area contributed by atoms with Crippen molar-refractivity contribution >= 4 is 17.7 Å². The summed E-state index contributed by atoms with van der Waals surface area (Å²) in [5.41, 5.74) is -0.227. The van der Waals surface area contributed by atoms with Crippen LogP contribution in [-0.4, -0.2) is 76.9 Å². The average molecular weight is 616 g/mol. The van der Waals surface area contributed by atoms with Crippen LogP contribution in [0.5, 0.6) is 0 Å². The van der Waals surface area contributed by atoms with Crippen LogP contribution in [0.2, 0.25) is 0 Å². The van der Waals surface area contributed by atoms with Crippen LogP contribution < -0.4 is 0 Å². The molecule has 0 radical (unpaired) electrons. The van der Waals surface area contributed by atoms with Crippen molar-refractivity contribution in [1.29, 1.82) is 0 Å². The maximum atomic E-state index is 14.5. The molecule has 3 N–H and O–H groups in total. The Labute approximate surface area is 264 Å². The molecule has 4 saturated carbocycles. The van der Waals surface area contributed by atoms with E-state index in [1.165, 1.54) is 5.57 Å². The number of hydrogen-bond acceptors (Lipinski definition) is 6. The van der Waals surface area contributed by atoms with E-state index in [4.69, 9.17) is 9.84 Å². The van der Waals surface area contributed by atoms with Crippen molar-refractivity contribution in [3.63, 3.8) is 0 Å². The van der Waals surface area contributed by atoms with Crippen molar-refractivity contribution in [1.82, 2.24) is 4.90 Å². The lowest BCUT2D eigenvalue weighted by molar-refractivity contribution is -0.212. The smallest absolute Gasteiger partial charge is 0.317 e. The number of likely N-dealkylation sites (N-methyl/N-ethyl adjacent to an activating group) is 1. The summed E-state index contributed by atoms with van der Waals surface area (Å²) >= 11 is 0. The third-order valence-electron chi connectivity index (χ3n) is 14.4. The number of carboxylic acids is 2. The van der Waals surface area contributed by atoms with Gasteiger partial charge in [-0.3, -0.25) is 19.3 Å². The number of rotatable bonds is 8. The van der Waals surface area contributed by atoms with E-state index in [9.17, 15) is 24.6 Å². The molecule has 5 rings (SSSR count). The van der Waals surface area contributed by atoms with Gasteiger partial charge in [0.2, 0.25) is 0 Å². The number of aliphatic carboxylic acids is 2. The van der Waals surface area contributed by atoms with Crippen molar-refractivity contribution < 1.29 is 34.4 Å². The van der Waals surface area contributed by atoms with Gasteiger partial charge in [-0.05, 0) is 117 Å². The first-order valence-corrected chi connectivity index (χ1v) is 16.9. The van der Waals surface area contributed by atoms with E-state index in [0.717, 1.165) is 44.9 Å². The number of nitrogens with zero attached hydrogens (tertiary/aromatic N) is 1. The van der Waals surface area contributed by atoms with Gasteiger partial charge in [0.1, 0.15) is 0 Å². The summed E-state index contributed by atoms with van der Waals surface area (Å²) in [7, 11) is 1.68. The maximum Gasteiger partial charge on any atom is 0.317 e. The summed E-state index contributed by atoms with van der Waals surface area (Å²) in [6, 6.07) is 0. The van der Waals surface area contributed by atoms with Gasteiger partial charge in [-0.25, -0.2) is 0 Å². The zero-order valence-electron chi connectivity index (χ0n) is 28.4. The fraction of sp³-hybridized carbons (Fsp3) is 0.861. The molecule has 1 unspecified atom stereocenters. The van der Waals surface area contributed by atoms with E-state index < -0.39 is 23.5 Å². The minimum absolute atomic E-state index is 0.0370. The summed E-state index contributed by atoms with van der Waals surface area (Å²) in [6.45, 7) is 16.2. The molecule has 0 bridgehead atoms. The van der Waals surface area contributed by atoms with Gasteiger partial charge < -0.3 is 20.1 Å². The molecule has 248 valence electrons. The normalized spacial score (nSPS) is 45.3. The first-order chi connectivity index (χ1) is 20.2. The number of hydrogen-bond donors (Lipinski definition) is 3. The lowest BCUT2D eigenvalue weighted by Gasteiger charge is -2.70. The molecule has 0 amide bonds. The van der Waals surface area contributed by atoms with Gasteiger partial charge in [-0.15, -0.1) is 0 Å². The second kappa shape index (κ2) is 10.9. The zero-order chi connectivity index (χ0) is 32.7. The molecule has 0 aliphatic heterocycles. The average Bonchev–Trinajstić information content (AvgIpc) is 2.89. The Kier molecular flexibility index (Phi) is 8.32. The number of aliphatic hydroxyl groups excluding tert-OH is 1. The van der Waals surface area contributed by atoms with E-state index in [1.54, 1.807) is 11.9 Å². The highest BCUT2D eigenvalue weighted by molar-refractivity contribution is 5.95. The number of fused-ring (bicyclic) bond motifs is 7. The largest absolute Gasteiger partial charge is 0.481 e.